The quantitative estimate of drug-likeness (QED) is 0.233. The lowest BCUT2D eigenvalue weighted by atomic mass is 9.66. The number of hydrogen-bond acceptors (Lipinski definition) is 2. The monoisotopic (exact) mass is 474 g/mol. The van der Waals surface area contributed by atoms with Crippen LogP contribution in [-0.2, 0) is 4.79 Å². The molecule has 1 aliphatic rings. The van der Waals surface area contributed by atoms with Crippen molar-refractivity contribution in [3.05, 3.63) is 34.9 Å². The van der Waals surface area contributed by atoms with Crippen LogP contribution in [0.5, 0.6) is 0 Å². The van der Waals surface area contributed by atoms with E-state index in [0.29, 0.717) is 24.2 Å². The van der Waals surface area contributed by atoms with E-state index in [2.05, 4.69) is 66.7 Å². The predicted octanol–water partition coefficient (Wildman–Crippen LogP) is 8.88. The zero-order valence-corrected chi connectivity index (χ0v) is 23.8. The maximum atomic E-state index is 10.9. The molecule has 34 heavy (non-hydrogen) atoms. The Labute approximate surface area is 210 Å². The summed E-state index contributed by atoms with van der Waals surface area (Å²) in [6.45, 7) is 20.0. The van der Waals surface area contributed by atoms with Gasteiger partial charge < -0.3 is 10.2 Å². The van der Waals surface area contributed by atoms with Crippen LogP contribution in [0, 0.1) is 22.7 Å². The molecular weight excluding hydrogens is 420 g/mol. The van der Waals surface area contributed by atoms with Crippen molar-refractivity contribution < 1.29 is 15.0 Å². The highest BCUT2D eigenvalue weighted by Gasteiger charge is 2.33. The molecule has 0 fully saturated rings. The number of carboxylic acids is 1. The van der Waals surface area contributed by atoms with Crippen LogP contribution in [0.2, 0.25) is 0 Å². The van der Waals surface area contributed by atoms with E-state index in [4.69, 9.17) is 5.11 Å². The smallest absolute Gasteiger partial charge is 0.306 e. The van der Waals surface area contributed by atoms with Crippen molar-refractivity contribution in [2.45, 2.75) is 132 Å². The molecule has 3 heteroatoms. The molecule has 0 saturated heterocycles. The van der Waals surface area contributed by atoms with Crippen LogP contribution in [0.25, 0.3) is 0 Å². The second kappa shape index (κ2) is 13.1. The maximum absolute atomic E-state index is 10.9. The average molecular weight is 475 g/mol. The number of carboxylic acid groups (broad SMARTS) is 1. The highest BCUT2D eigenvalue weighted by atomic mass is 16.4. The molecule has 0 bridgehead atoms. The third-order valence-electron chi connectivity index (χ3n) is 8.59. The number of allylic oxidation sites excluding steroid dienone is 6. The topological polar surface area (TPSA) is 57.5 Å². The number of rotatable bonds is 15. The molecule has 0 radical (unpaired) electrons. The van der Waals surface area contributed by atoms with Crippen molar-refractivity contribution >= 4 is 5.97 Å². The van der Waals surface area contributed by atoms with Crippen molar-refractivity contribution in [2.24, 2.45) is 22.7 Å². The molecule has 0 aromatic carbocycles. The van der Waals surface area contributed by atoms with Gasteiger partial charge in [0.25, 0.3) is 0 Å². The van der Waals surface area contributed by atoms with Crippen LogP contribution < -0.4 is 0 Å². The fourth-order valence-electron chi connectivity index (χ4n) is 5.04. The summed E-state index contributed by atoms with van der Waals surface area (Å²) in [5.41, 5.74) is 4.37. The third kappa shape index (κ3) is 10.5. The van der Waals surface area contributed by atoms with Gasteiger partial charge in [-0.1, -0.05) is 76.5 Å². The molecule has 1 aliphatic carbocycles. The first-order chi connectivity index (χ1) is 15.6. The molecular formula is C31H54O3. The largest absolute Gasteiger partial charge is 0.481 e. The minimum Gasteiger partial charge on any atom is -0.481 e. The van der Waals surface area contributed by atoms with Gasteiger partial charge in [0.05, 0.1) is 11.5 Å². The molecule has 3 atom stereocenters. The van der Waals surface area contributed by atoms with E-state index in [9.17, 15) is 9.90 Å². The molecule has 0 amide bonds. The maximum Gasteiger partial charge on any atom is 0.306 e. The lowest BCUT2D eigenvalue weighted by molar-refractivity contribution is -0.141. The third-order valence-corrected chi connectivity index (χ3v) is 8.59. The van der Waals surface area contributed by atoms with Crippen molar-refractivity contribution in [3.8, 4) is 0 Å². The molecule has 3 nitrogen and oxygen atoms in total. The average Bonchev–Trinajstić information content (AvgIpc) is 2.71. The van der Waals surface area contributed by atoms with Crippen LogP contribution in [0.15, 0.2) is 34.9 Å². The second-order valence-electron chi connectivity index (χ2n) is 12.8. The Hall–Kier alpha value is -1.35. The Bertz CT molecular complexity index is 749. The fraction of sp³-hybridized carbons (Fsp3) is 0.774. The molecule has 2 N–H and O–H groups in total. The zero-order chi connectivity index (χ0) is 26.2. The van der Waals surface area contributed by atoms with Gasteiger partial charge in [-0.3, -0.25) is 4.79 Å². The van der Waals surface area contributed by atoms with E-state index in [-0.39, 0.29) is 11.3 Å². The van der Waals surface area contributed by atoms with Gasteiger partial charge in [-0.25, -0.2) is 0 Å². The van der Waals surface area contributed by atoms with Gasteiger partial charge in [-0.2, -0.15) is 0 Å². The number of aliphatic hydroxyl groups is 1. The van der Waals surface area contributed by atoms with Crippen LogP contribution in [0.3, 0.4) is 0 Å². The summed E-state index contributed by atoms with van der Waals surface area (Å²) in [7, 11) is 0. The Kier molecular flexibility index (Phi) is 11.8. The van der Waals surface area contributed by atoms with Crippen molar-refractivity contribution in [2.75, 3.05) is 0 Å². The lowest BCUT2D eigenvalue weighted by Crippen LogP contribution is -2.28. The molecule has 3 unspecified atom stereocenters. The summed E-state index contributed by atoms with van der Waals surface area (Å²) in [5.74, 6) is -0.476. The first kappa shape index (κ1) is 30.7. The Morgan fingerprint density at radius 3 is 2.35 bits per heavy atom. The summed E-state index contributed by atoms with van der Waals surface area (Å²) >= 11 is 0. The van der Waals surface area contributed by atoms with Gasteiger partial charge >= 0.3 is 5.97 Å². The van der Waals surface area contributed by atoms with E-state index in [1.165, 1.54) is 30.4 Å². The summed E-state index contributed by atoms with van der Waals surface area (Å²) in [4.78, 5) is 10.9. The summed E-state index contributed by atoms with van der Waals surface area (Å²) < 4.78 is 0. The molecule has 0 spiro atoms. The molecule has 0 saturated carbocycles. The number of hydrogen-bond donors (Lipinski definition) is 2. The van der Waals surface area contributed by atoms with Crippen molar-refractivity contribution in [1.29, 1.82) is 0 Å². The minimum absolute atomic E-state index is 0.251. The van der Waals surface area contributed by atoms with E-state index < -0.39 is 11.6 Å². The van der Waals surface area contributed by atoms with Crippen LogP contribution in [0.4, 0.5) is 0 Å². The molecule has 0 aliphatic heterocycles. The first-order valence-corrected chi connectivity index (χ1v) is 13.6. The Morgan fingerprint density at radius 2 is 1.74 bits per heavy atom. The lowest BCUT2D eigenvalue weighted by Gasteiger charge is -2.39. The Morgan fingerprint density at radius 1 is 1.12 bits per heavy atom. The summed E-state index contributed by atoms with van der Waals surface area (Å²) in [6, 6.07) is 0. The van der Waals surface area contributed by atoms with Crippen LogP contribution in [-0.4, -0.2) is 21.8 Å². The molecule has 0 aromatic heterocycles. The van der Waals surface area contributed by atoms with Gasteiger partial charge in [0, 0.05) is 0 Å². The van der Waals surface area contributed by atoms with Gasteiger partial charge in [0.2, 0.25) is 0 Å². The zero-order valence-electron chi connectivity index (χ0n) is 23.8. The number of aliphatic carboxylic acids is 1. The normalized spacial score (nSPS) is 21.5. The fourth-order valence-corrected chi connectivity index (χ4v) is 5.04. The summed E-state index contributed by atoms with van der Waals surface area (Å²) in [5, 5.41) is 19.6. The SMILES string of the molecule is CC1=CC=C(CCC(C)(C)CC/C=C(\C)CCCC(C)(O)CCCC(C)C(=O)O)C(C)(C)C1C. The van der Waals surface area contributed by atoms with Crippen LogP contribution >= 0.6 is 0 Å². The molecule has 196 valence electrons. The molecule has 0 aromatic rings. The molecule has 1 rings (SSSR count). The minimum atomic E-state index is -0.750. The van der Waals surface area contributed by atoms with Crippen molar-refractivity contribution in [3.63, 3.8) is 0 Å². The Balaban J connectivity index is 2.38. The van der Waals surface area contributed by atoms with Crippen LogP contribution in [0.1, 0.15) is 127 Å². The first-order valence-electron chi connectivity index (χ1n) is 13.6. The highest BCUT2D eigenvalue weighted by Crippen LogP contribution is 2.45. The van der Waals surface area contributed by atoms with Gasteiger partial charge in [0.1, 0.15) is 0 Å². The van der Waals surface area contributed by atoms with E-state index in [0.717, 1.165) is 32.1 Å². The van der Waals surface area contributed by atoms with E-state index in [1.54, 1.807) is 12.5 Å². The van der Waals surface area contributed by atoms with Gasteiger partial charge in [0.15, 0.2) is 0 Å². The van der Waals surface area contributed by atoms with E-state index >= 15 is 0 Å². The van der Waals surface area contributed by atoms with Gasteiger partial charge in [-0.15, -0.1) is 0 Å². The highest BCUT2D eigenvalue weighted by molar-refractivity contribution is 5.69. The van der Waals surface area contributed by atoms with Crippen molar-refractivity contribution in [1.82, 2.24) is 0 Å². The second-order valence-corrected chi connectivity index (χ2v) is 12.8. The number of carbonyl (C=O) groups is 1. The van der Waals surface area contributed by atoms with E-state index in [1.807, 2.05) is 6.92 Å². The van der Waals surface area contributed by atoms with Gasteiger partial charge in [-0.05, 0) is 102 Å². The standard InChI is InChI=1S/C31H54O3/c1-23(14-11-20-31(9,34)21-12-15-25(3)28(32)33)13-10-19-29(5,6)22-18-27-17-16-24(2)26(4)30(27,7)8/h13,16-17,25-26,34H,10-12,14-15,18-22H2,1-9H3,(H,32,33)/b23-13+. The predicted molar refractivity (Wildman–Crippen MR) is 146 cm³/mol. The summed E-state index contributed by atoms with van der Waals surface area (Å²) in [6.07, 6.45) is 16.6. The molecule has 0 heterocycles.